The first-order valence-electron chi connectivity index (χ1n) is 7.70. The lowest BCUT2D eigenvalue weighted by Gasteiger charge is -2.21. The second-order valence-electron chi connectivity index (χ2n) is 5.95. The maximum absolute atomic E-state index is 5.72. The summed E-state index contributed by atoms with van der Waals surface area (Å²) < 4.78 is 5.72. The van der Waals surface area contributed by atoms with E-state index in [9.17, 15) is 0 Å². The van der Waals surface area contributed by atoms with Crippen LogP contribution in [0.5, 0.6) is 5.75 Å². The van der Waals surface area contributed by atoms with Crippen molar-refractivity contribution in [3.63, 3.8) is 0 Å². The first-order valence-corrected chi connectivity index (χ1v) is 7.70. The largest absolute Gasteiger partial charge is 0.491 e. The van der Waals surface area contributed by atoms with E-state index in [-0.39, 0.29) is 6.10 Å². The molecule has 1 aromatic rings. The molecule has 2 nitrogen and oxygen atoms in total. The highest BCUT2D eigenvalue weighted by atomic mass is 16.5. The molecule has 106 valence electrons. The van der Waals surface area contributed by atoms with Crippen molar-refractivity contribution in [1.29, 1.82) is 0 Å². The van der Waals surface area contributed by atoms with Gasteiger partial charge in [0.15, 0.2) is 0 Å². The molecule has 0 saturated heterocycles. The Labute approximate surface area is 117 Å². The molecular formula is C17H27NO. The van der Waals surface area contributed by atoms with Crippen molar-refractivity contribution in [3.05, 3.63) is 29.8 Å². The number of nitrogens with one attached hydrogen (secondary N) is 1. The zero-order chi connectivity index (χ0) is 13.5. The Morgan fingerprint density at radius 1 is 1.21 bits per heavy atom. The van der Waals surface area contributed by atoms with Gasteiger partial charge in [0.05, 0.1) is 6.10 Å². The molecule has 0 unspecified atom stereocenters. The molecule has 0 bridgehead atoms. The van der Waals surface area contributed by atoms with Crippen molar-refractivity contribution in [2.45, 2.75) is 58.6 Å². The lowest BCUT2D eigenvalue weighted by atomic mass is 9.89. The number of hydrogen-bond donors (Lipinski definition) is 1. The Morgan fingerprint density at radius 2 is 2.00 bits per heavy atom. The minimum atomic E-state index is 0.241. The van der Waals surface area contributed by atoms with Gasteiger partial charge in [0.1, 0.15) is 5.75 Å². The quantitative estimate of drug-likeness (QED) is 0.831. The van der Waals surface area contributed by atoms with Crippen LogP contribution in [-0.2, 0) is 6.54 Å². The van der Waals surface area contributed by atoms with Gasteiger partial charge < -0.3 is 10.1 Å². The van der Waals surface area contributed by atoms with E-state index >= 15 is 0 Å². The Bertz CT molecular complexity index is 369. The number of benzene rings is 1. The van der Waals surface area contributed by atoms with Crippen LogP contribution in [0, 0.1) is 5.92 Å². The second kappa shape index (κ2) is 7.54. The molecule has 19 heavy (non-hydrogen) atoms. The van der Waals surface area contributed by atoms with Gasteiger partial charge in [0.25, 0.3) is 0 Å². The molecule has 1 N–H and O–H groups in total. The molecule has 0 atom stereocenters. The normalized spacial score (nSPS) is 16.8. The highest BCUT2D eigenvalue weighted by molar-refractivity contribution is 5.28. The number of rotatable bonds is 6. The molecule has 1 aliphatic carbocycles. The van der Waals surface area contributed by atoms with Gasteiger partial charge in [-0.3, -0.25) is 0 Å². The Balaban J connectivity index is 1.75. The summed E-state index contributed by atoms with van der Waals surface area (Å²) in [5.41, 5.74) is 1.31. The van der Waals surface area contributed by atoms with E-state index in [1.54, 1.807) is 0 Å². The first kappa shape index (κ1) is 14.4. The van der Waals surface area contributed by atoms with Crippen LogP contribution < -0.4 is 10.1 Å². The molecule has 0 heterocycles. The van der Waals surface area contributed by atoms with E-state index in [0.29, 0.717) is 0 Å². The van der Waals surface area contributed by atoms with Crippen LogP contribution in [0.3, 0.4) is 0 Å². The van der Waals surface area contributed by atoms with Crippen LogP contribution in [0.15, 0.2) is 24.3 Å². The van der Waals surface area contributed by atoms with Gasteiger partial charge in [-0.25, -0.2) is 0 Å². The van der Waals surface area contributed by atoms with Crippen LogP contribution >= 0.6 is 0 Å². The molecule has 2 heteroatoms. The maximum atomic E-state index is 5.72. The van der Waals surface area contributed by atoms with Gasteiger partial charge in [-0.05, 0) is 56.8 Å². The van der Waals surface area contributed by atoms with E-state index in [0.717, 1.165) is 24.8 Å². The summed E-state index contributed by atoms with van der Waals surface area (Å²) in [6.07, 6.45) is 7.33. The molecule has 1 aliphatic rings. The Hall–Kier alpha value is -1.02. The predicted octanol–water partition coefficient (Wildman–Crippen LogP) is 4.14. The van der Waals surface area contributed by atoms with Crippen molar-refractivity contribution in [1.82, 2.24) is 5.32 Å². The number of hydrogen-bond acceptors (Lipinski definition) is 2. The Morgan fingerprint density at radius 3 is 2.74 bits per heavy atom. The van der Waals surface area contributed by atoms with Crippen molar-refractivity contribution >= 4 is 0 Å². The maximum Gasteiger partial charge on any atom is 0.120 e. The van der Waals surface area contributed by atoms with Gasteiger partial charge in [0.2, 0.25) is 0 Å². The van der Waals surface area contributed by atoms with Gasteiger partial charge in [-0.1, -0.05) is 31.4 Å². The monoisotopic (exact) mass is 261 g/mol. The van der Waals surface area contributed by atoms with E-state index < -0.39 is 0 Å². The van der Waals surface area contributed by atoms with Crippen LogP contribution in [-0.4, -0.2) is 12.6 Å². The van der Waals surface area contributed by atoms with Crippen molar-refractivity contribution in [2.75, 3.05) is 6.54 Å². The van der Waals surface area contributed by atoms with E-state index in [4.69, 9.17) is 4.74 Å². The Kier molecular flexibility index (Phi) is 5.71. The van der Waals surface area contributed by atoms with Gasteiger partial charge in [-0.15, -0.1) is 0 Å². The minimum Gasteiger partial charge on any atom is -0.491 e. The zero-order valence-corrected chi connectivity index (χ0v) is 12.3. The third-order valence-electron chi connectivity index (χ3n) is 3.76. The zero-order valence-electron chi connectivity index (χ0n) is 12.3. The van der Waals surface area contributed by atoms with Crippen molar-refractivity contribution in [2.24, 2.45) is 5.92 Å². The van der Waals surface area contributed by atoms with Gasteiger partial charge in [-0.2, -0.15) is 0 Å². The van der Waals surface area contributed by atoms with Gasteiger partial charge >= 0.3 is 0 Å². The predicted molar refractivity (Wildman–Crippen MR) is 80.5 cm³/mol. The summed E-state index contributed by atoms with van der Waals surface area (Å²) in [7, 11) is 0. The topological polar surface area (TPSA) is 21.3 Å². The summed E-state index contributed by atoms with van der Waals surface area (Å²) in [6, 6.07) is 8.43. The molecule has 1 fully saturated rings. The van der Waals surface area contributed by atoms with Crippen LogP contribution in [0.4, 0.5) is 0 Å². The summed E-state index contributed by atoms with van der Waals surface area (Å²) in [5, 5.41) is 3.60. The molecule has 0 aliphatic heterocycles. The highest BCUT2D eigenvalue weighted by Gasteiger charge is 2.12. The van der Waals surface area contributed by atoms with Crippen LogP contribution in [0.25, 0.3) is 0 Å². The fraction of sp³-hybridized carbons (Fsp3) is 0.647. The third-order valence-corrected chi connectivity index (χ3v) is 3.76. The van der Waals surface area contributed by atoms with Gasteiger partial charge in [0, 0.05) is 6.54 Å². The van der Waals surface area contributed by atoms with Crippen molar-refractivity contribution in [3.8, 4) is 5.75 Å². The molecule has 2 rings (SSSR count). The minimum absolute atomic E-state index is 0.241. The van der Waals surface area contributed by atoms with Crippen LogP contribution in [0.2, 0.25) is 0 Å². The fourth-order valence-corrected chi connectivity index (χ4v) is 2.81. The molecule has 0 radical (unpaired) electrons. The van der Waals surface area contributed by atoms with E-state index in [1.807, 2.05) is 6.07 Å². The third kappa shape index (κ3) is 5.23. The summed E-state index contributed by atoms with van der Waals surface area (Å²) >= 11 is 0. The number of ether oxygens (including phenoxy) is 1. The SMILES string of the molecule is CC(C)Oc1cccc(CNCC2CCCCC2)c1. The van der Waals surface area contributed by atoms with Crippen LogP contribution in [0.1, 0.15) is 51.5 Å². The standard InChI is InChI=1S/C17H27NO/c1-14(2)19-17-10-6-9-16(11-17)13-18-12-15-7-4-3-5-8-15/h6,9-11,14-15,18H,3-5,7-8,12-13H2,1-2H3. The summed E-state index contributed by atoms with van der Waals surface area (Å²) in [6.45, 7) is 6.24. The molecule has 0 aromatic heterocycles. The second-order valence-corrected chi connectivity index (χ2v) is 5.95. The van der Waals surface area contributed by atoms with E-state index in [1.165, 1.54) is 37.7 Å². The molecule has 0 amide bonds. The van der Waals surface area contributed by atoms with Crippen molar-refractivity contribution < 1.29 is 4.74 Å². The smallest absolute Gasteiger partial charge is 0.120 e. The molecular weight excluding hydrogens is 234 g/mol. The highest BCUT2D eigenvalue weighted by Crippen LogP contribution is 2.23. The molecule has 1 saturated carbocycles. The average Bonchev–Trinajstić information content (AvgIpc) is 2.40. The molecule has 1 aromatic carbocycles. The van der Waals surface area contributed by atoms with E-state index in [2.05, 4.69) is 37.4 Å². The summed E-state index contributed by atoms with van der Waals surface area (Å²) in [5.74, 6) is 1.87. The lowest BCUT2D eigenvalue weighted by molar-refractivity contribution is 0.242. The lowest BCUT2D eigenvalue weighted by Crippen LogP contribution is -2.24. The average molecular weight is 261 g/mol. The molecule has 0 spiro atoms. The first-order chi connectivity index (χ1) is 9.24. The fourth-order valence-electron chi connectivity index (χ4n) is 2.81. The summed E-state index contributed by atoms with van der Waals surface area (Å²) in [4.78, 5) is 0.